The molecule has 130 valence electrons. The molecule has 0 amide bonds. The lowest BCUT2D eigenvalue weighted by Gasteiger charge is -2.07. The second-order valence-corrected chi connectivity index (χ2v) is 5.82. The summed E-state index contributed by atoms with van der Waals surface area (Å²) < 4.78 is 56.2. The number of para-hydroxylation sites is 1. The fourth-order valence-electron chi connectivity index (χ4n) is 2.94. The molecule has 6 heteroatoms. The van der Waals surface area contributed by atoms with Gasteiger partial charge in [0.25, 0.3) is 0 Å². The summed E-state index contributed by atoms with van der Waals surface area (Å²) >= 11 is 0. The van der Waals surface area contributed by atoms with E-state index in [1.807, 2.05) is 12.1 Å². The van der Waals surface area contributed by atoms with Gasteiger partial charge in [-0.25, -0.2) is 4.68 Å². The molecule has 4 aromatic rings. The number of fused-ring (bicyclic) bond motifs is 1. The molecule has 0 aliphatic rings. The minimum absolute atomic E-state index is 0.135. The van der Waals surface area contributed by atoms with Crippen molar-refractivity contribution in [3.63, 3.8) is 0 Å². The highest BCUT2D eigenvalue weighted by atomic mass is 19.4. The van der Waals surface area contributed by atoms with E-state index in [2.05, 4.69) is 5.10 Å². The lowest BCUT2D eigenvalue weighted by Crippen LogP contribution is -2.08. The maximum Gasteiger partial charge on any atom is 0.435 e. The largest absolute Gasteiger partial charge is 0.435 e. The molecule has 0 unspecified atom stereocenters. The SMILES string of the molecule is Fc1c(-c2ccc3ccccc3c2)c(C(F)(F)F)nn1-c1ccccc1. The van der Waals surface area contributed by atoms with Crippen molar-refractivity contribution in [2.45, 2.75) is 6.18 Å². The Balaban J connectivity index is 1.98. The van der Waals surface area contributed by atoms with Gasteiger partial charge in [0, 0.05) is 0 Å². The van der Waals surface area contributed by atoms with E-state index in [9.17, 15) is 17.6 Å². The zero-order chi connectivity index (χ0) is 18.3. The number of alkyl halides is 3. The van der Waals surface area contributed by atoms with E-state index in [-0.39, 0.29) is 11.3 Å². The number of nitrogens with zero attached hydrogens (tertiary/aromatic N) is 2. The summed E-state index contributed by atoms with van der Waals surface area (Å²) in [7, 11) is 0. The van der Waals surface area contributed by atoms with Gasteiger partial charge in [0.05, 0.1) is 11.3 Å². The van der Waals surface area contributed by atoms with E-state index in [1.165, 1.54) is 18.2 Å². The van der Waals surface area contributed by atoms with Gasteiger partial charge in [-0.05, 0) is 34.5 Å². The van der Waals surface area contributed by atoms with Crippen molar-refractivity contribution in [3.05, 3.63) is 84.4 Å². The summed E-state index contributed by atoms with van der Waals surface area (Å²) in [5.74, 6) is -1.04. The fourth-order valence-corrected chi connectivity index (χ4v) is 2.94. The van der Waals surface area contributed by atoms with Crippen molar-refractivity contribution in [2.24, 2.45) is 0 Å². The third-order valence-corrected chi connectivity index (χ3v) is 4.14. The predicted octanol–water partition coefficient (Wildman–Crippen LogP) is 5.85. The molecule has 0 saturated carbocycles. The van der Waals surface area contributed by atoms with E-state index in [4.69, 9.17) is 0 Å². The zero-order valence-corrected chi connectivity index (χ0v) is 13.3. The van der Waals surface area contributed by atoms with Gasteiger partial charge >= 0.3 is 6.18 Å². The number of aromatic nitrogens is 2. The molecule has 0 saturated heterocycles. The van der Waals surface area contributed by atoms with Crippen LogP contribution < -0.4 is 0 Å². The van der Waals surface area contributed by atoms with Crippen LogP contribution >= 0.6 is 0 Å². The second-order valence-electron chi connectivity index (χ2n) is 5.82. The van der Waals surface area contributed by atoms with Crippen molar-refractivity contribution in [2.75, 3.05) is 0 Å². The molecule has 26 heavy (non-hydrogen) atoms. The third-order valence-electron chi connectivity index (χ3n) is 4.14. The number of rotatable bonds is 2. The van der Waals surface area contributed by atoms with Crippen LogP contribution in [0.25, 0.3) is 27.6 Å². The second kappa shape index (κ2) is 5.98. The summed E-state index contributed by atoms with van der Waals surface area (Å²) in [6.07, 6.45) is -4.78. The highest BCUT2D eigenvalue weighted by molar-refractivity contribution is 5.87. The predicted molar refractivity (Wildman–Crippen MR) is 91.5 cm³/mol. The van der Waals surface area contributed by atoms with Crippen LogP contribution in [0, 0.1) is 5.95 Å². The van der Waals surface area contributed by atoms with E-state index in [1.54, 1.807) is 42.5 Å². The molecule has 0 fully saturated rings. The molecule has 0 atom stereocenters. The van der Waals surface area contributed by atoms with Crippen LogP contribution in [0.2, 0.25) is 0 Å². The van der Waals surface area contributed by atoms with Crippen LogP contribution in [-0.2, 0) is 6.18 Å². The van der Waals surface area contributed by atoms with Crippen LogP contribution in [0.3, 0.4) is 0 Å². The first-order valence-electron chi connectivity index (χ1n) is 7.85. The van der Waals surface area contributed by atoms with Gasteiger partial charge in [0.2, 0.25) is 5.95 Å². The van der Waals surface area contributed by atoms with Crippen LogP contribution in [0.1, 0.15) is 5.69 Å². The van der Waals surface area contributed by atoms with Gasteiger partial charge in [-0.3, -0.25) is 0 Å². The van der Waals surface area contributed by atoms with Crippen molar-refractivity contribution in [3.8, 4) is 16.8 Å². The number of hydrogen-bond acceptors (Lipinski definition) is 1. The van der Waals surface area contributed by atoms with Gasteiger partial charge in [-0.2, -0.15) is 22.7 Å². The van der Waals surface area contributed by atoms with Crippen LogP contribution in [-0.4, -0.2) is 9.78 Å². The minimum atomic E-state index is -4.78. The number of hydrogen-bond donors (Lipinski definition) is 0. The van der Waals surface area contributed by atoms with E-state index in [0.29, 0.717) is 4.68 Å². The standard InChI is InChI=1S/C20H12F4N2/c21-19-17(15-11-10-13-6-4-5-7-14(13)12-15)18(20(22,23)24)25-26(19)16-8-2-1-3-9-16/h1-12H. The average Bonchev–Trinajstić information content (AvgIpc) is 2.99. The Labute approximate surface area is 146 Å². The first-order chi connectivity index (χ1) is 12.4. The Morgan fingerprint density at radius 3 is 2.12 bits per heavy atom. The summed E-state index contributed by atoms with van der Waals surface area (Å²) in [4.78, 5) is 0. The quantitative estimate of drug-likeness (QED) is 0.412. The summed E-state index contributed by atoms with van der Waals surface area (Å²) in [5.41, 5.74) is -1.43. The van der Waals surface area contributed by atoms with E-state index < -0.39 is 23.4 Å². The summed E-state index contributed by atoms with van der Waals surface area (Å²) in [6.45, 7) is 0. The van der Waals surface area contributed by atoms with Gasteiger partial charge in [0.1, 0.15) is 0 Å². The first kappa shape index (κ1) is 16.3. The molecule has 0 radical (unpaired) electrons. The van der Waals surface area contributed by atoms with Crippen molar-refractivity contribution < 1.29 is 17.6 Å². The molecule has 2 nitrogen and oxygen atoms in total. The van der Waals surface area contributed by atoms with Crippen molar-refractivity contribution >= 4 is 10.8 Å². The lowest BCUT2D eigenvalue weighted by molar-refractivity contribution is -0.140. The minimum Gasteiger partial charge on any atom is -0.206 e. The first-order valence-corrected chi connectivity index (χ1v) is 7.85. The Morgan fingerprint density at radius 2 is 1.42 bits per heavy atom. The highest BCUT2D eigenvalue weighted by Crippen LogP contribution is 2.39. The van der Waals surface area contributed by atoms with Gasteiger partial charge in [-0.1, -0.05) is 54.6 Å². The van der Waals surface area contributed by atoms with Crippen LogP contribution in [0.4, 0.5) is 17.6 Å². The Kier molecular flexibility index (Phi) is 3.76. The molecule has 4 rings (SSSR count). The third kappa shape index (κ3) is 2.73. The zero-order valence-electron chi connectivity index (χ0n) is 13.3. The molecular formula is C20H12F4N2. The maximum absolute atomic E-state index is 15.0. The van der Waals surface area contributed by atoms with Gasteiger partial charge < -0.3 is 0 Å². The van der Waals surface area contributed by atoms with E-state index in [0.717, 1.165) is 10.8 Å². The topological polar surface area (TPSA) is 17.8 Å². The van der Waals surface area contributed by atoms with Gasteiger partial charge in [0.15, 0.2) is 5.69 Å². The molecule has 0 bridgehead atoms. The van der Waals surface area contributed by atoms with Crippen LogP contribution in [0.15, 0.2) is 72.8 Å². The molecule has 0 aliphatic heterocycles. The van der Waals surface area contributed by atoms with E-state index >= 15 is 0 Å². The monoisotopic (exact) mass is 356 g/mol. The molecule has 0 N–H and O–H groups in total. The Bertz CT molecular complexity index is 1080. The molecule has 1 aromatic heterocycles. The summed E-state index contributed by atoms with van der Waals surface area (Å²) in [5, 5.41) is 5.11. The lowest BCUT2D eigenvalue weighted by atomic mass is 10.0. The fraction of sp³-hybridized carbons (Fsp3) is 0.0500. The van der Waals surface area contributed by atoms with Crippen molar-refractivity contribution in [1.82, 2.24) is 9.78 Å². The molecule has 1 heterocycles. The molecular weight excluding hydrogens is 344 g/mol. The van der Waals surface area contributed by atoms with Crippen molar-refractivity contribution in [1.29, 1.82) is 0 Å². The normalized spacial score (nSPS) is 11.8. The van der Waals surface area contributed by atoms with Gasteiger partial charge in [-0.15, -0.1) is 0 Å². The Morgan fingerprint density at radius 1 is 0.769 bits per heavy atom. The Hall–Kier alpha value is -3.15. The molecule has 0 spiro atoms. The molecule has 0 aliphatic carbocycles. The number of halogens is 4. The molecule has 3 aromatic carbocycles. The number of benzene rings is 3. The van der Waals surface area contributed by atoms with Crippen LogP contribution in [0.5, 0.6) is 0 Å². The summed E-state index contributed by atoms with van der Waals surface area (Å²) in [6, 6.07) is 19.8. The maximum atomic E-state index is 15.0. The average molecular weight is 356 g/mol. The highest BCUT2D eigenvalue weighted by Gasteiger charge is 2.40. The smallest absolute Gasteiger partial charge is 0.206 e.